The van der Waals surface area contributed by atoms with Crippen LogP contribution >= 0.6 is 34.9 Å². The Morgan fingerprint density at radius 3 is 2.54 bits per heavy atom. The Balaban J connectivity index is 1.50. The highest BCUT2D eigenvalue weighted by Gasteiger charge is 2.11. The molecule has 0 saturated heterocycles. The van der Waals surface area contributed by atoms with Gasteiger partial charge >= 0.3 is 0 Å². The molecule has 0 saturated carbocycles. The summed E-state index contributed by atoms with van der Waals surface area (Å²) in [6, 6.07) is 13.6. The molecule has 0 amide bonds. The van der Waals surface area contributed by atoms with E-state index in [-0.39, 0.29) is 11.5 Å². The number of rotatable bonds is 8. The quantitative estimate of drug-likeness (QED) is 0.390. The summed E-state index contributed by atoms with van der Waals surface area (Å²) >= 11 is 4.37. The predicted molar refractivity (Wildman–Crippen MR) is 104 cm³/mol. The van der Waals surface area contributed by atoms with E-state index in [2.05, 4.69) is 10.2 Å². The number of carbonyl (C=O) groups excluding carboxylic acids is 1. The number of methoxy groups -OCH3 is 1. The number of carbonyl (C=O) groups is 1. The summed E-state index contributed by atoms with van der Waals surface area (Å²) in [5, 5.41) is 8.25. The number of halogens is 1. The number of thioether (sulfide) groups is 2. The summed E-state index contributed by atoms with van der Waals surface area (Å²) in [6.07, 6.45) is 0. The summed E-state index contributed by atoms with van der Waals surface area (Å²) in [5.74, 6) is 1.29. The Morgan fingerprint density at radius 1 is 1.12 bits per heavy atom. The molecule has 0 fully saturated rings. The minimum absolute atomic E-state index is 0.128. The van der Waals surface area contributed by atoms with E-state index >= 15 is 0 Å². The average Bonchev–Trinajstić information content (AvgIpc) is 3.13. The Labute approximate surface area is 163 Å². The molecule has 26 heavy (non-hydrogen) atoms. The molecule has 0 aliphatic heterocycles. The van der Waals surface area contributed by atoms with Crippen molar-refractivity contribution in [3.05, 3.63) is 65.5 Å². The SMILES string of the molecule is COc1ccc(CSc2nnc(SCC(=O)c3cccc(F)c3)s2)cc1. The molecule has 1 aromatic heterocycles. The second-order valence-electron chi connectivity index (χ2n) is 5.19. The zero-order chi connectivity index (χ0) is 18.4. The minimum atomic E-state index is -0.408. The third kappa shape index (κ3) is 5.30. The van der Waals surface area contributed by atoms with Crippen molar-refractivity contribution >= 4 is 40.6 Å². The molecule has 0 unspecified atom stereocenters. The van der Waals surface area contributed by atoms with Gasteiger partial charge in [-0.2, -0.15) is 0 Å². The minimum Gasteiger partial charge on any atom is -0.497 e. The van der Waals surface area contributed by atoms with Crippen LogP contribution in [0.4, 0.5) is 4.39 Å². The first-order chi connectivity index (χ1) is 12.6. The van der Waals surface area contributed by atoms with Gasteiger partial charge in [-0.25, -0.2) is 4.39 Å². The number of aromatic nitrogens is 2. The zero-order valence-electron chi connectivity index (χ0n) is 13.8. The third-order valence-electron chi connectivity index (χ3n) is 3.38. The van der Waals surface area contributed by atoms with Crippen LogP contribution in [0.5, 0.6) is 5.75 Å². The van der Waals surface area contributed by atoms with E-state index in [1.165, 1.54) is 46.9 Å². The monoisotopic (exact) mass is 406 g/mol. The molecule has 0 atom stereocenters. The van der Waals surface area contributed by atoms with Crippen LogP contribution in [0.15, 0.2) is 57.2 Å². The molecule has 0 bridgehead atoms. The molecule has 134 valence electrons. The molecule has 3 aromatic rings. The molecule has 2 aromatic carbocycles. The lowest BCUT2D eigenvalue weighted by Crippen LogP contribution is -2.02. The summed E-state index contributed by atoms with van der Waals surface area (Å²) < 4.78 is 19.9. The van der Waals surface area contributed by atoms with Gasteiger partial charge in [0.2, 0.25) is 0 Å². The van der Waals surface area contributed by atoms with Crippen molar-refractivity contribution in [2.75, 3.05) is 12.9 Å². The molecule has 4 nitrogen and oxygen atoms in total. The lowest BCUT2D eigenvalue weighted by molar-refractivity contribution is 0.102. The topological polar surface area (TPSA) is 52.1 Å². The van der Waals surface area contributed by atoms with Crippen molar-refractivity contribution in [1.29, 1.82) is 0 Å². The van der Waals surface area contributed by atoms with Gasteiger partial charge in [-0.15, -0.1) is 10.2 Å². The Morgan fingerprint density at radius 2 is 1.85 bits per heavy atom. The maximum Gasteiger partial charge on any atom is 0.175 e. The maximum atomic E-state index is 13.2. The van der Waals surface area contributed by atoms with Crippen molar-refractivity contribution in [1.82, 2.24) is 10.2 Å². The van der Waals surface area contributed by atoms with Crippen molar-refractivity contribution in [2.24, 2.45) is 0 Å². The first-order valence-corrected chi connectivity index (χ1v) is 10.4. The first-order valence-electron chi connectivity index (χ1n) is 7.65. The van der Waals surface area contributed by atoms with E-state index in [4.69, 9.17) is 4.74 Å². The highest BCUT2D eigenvalue weighted by molar-refractivity contribution is 8.03. The summed E-state index contributed by atoms with van der Waals surface area (Å²) in [6.45, 7) is 0. The average molecular weight is 407 g/mol. The number of hydrogen-bond donors (Lipinski definition) is 0. The summed E-state index contributed by atoms with van der Waals surface area (Å²) in [5.41, 5.74) is 1.54. The van der Waals surface area contributed by atoms with Gasteiger partial charge in [-0.05, 0) is 29.8 Å². The molecule has 8 heteroatoms. The van der Waals surface area contributed by atoms with Gasteiger partial charge in [-0.1, -0.05) is 59.1 Å². The van der Waals surface area contributed by atoms with E-state index < -0.39 is 5.82 Å². The number of Topliss-reactive ketones (excluding diaryl/α,β-unsaturated/α-hetero) is 1. The van der Waals surface area contributed by atoms with Crippen molar-refractivity contribution in [3.63, 3.8) is 0 Å². The van der Waals surface area contributed by atoms with Gasteiger partial charge in [0, 0.05) is 11.3 Å². The van der Waals surface area contributed by atoms with Crippen LogP contribution in [-0.4, -0.2) is 28.8 Å². The summed E-state index contributed by atoms with van der Waals surface area (Å²) in [7, 11) is 1.64. The third-order valence-corrected chi connectivity index (χ3v) is 6.64. The summed E-state index contributed by atoms with van der Waals surface area (Å²) in [4.78, 5) is 12.1. The van der Waals surface area contributed by atoms with Gasteiger partial charge < -0.3 is 4.74 Å². The number of hydrogen-bond acceptors (Lipinski definition) is 7. The van der Waals surface area contributed by atoms with Gasteiger partial charge in [0.15, 0.2) is 14.5 Å². The normalized spacial score (nSPS) is 10.7. The van der Waals surface area contributed by atoms with E-state index in [9.17, 15) is 9.18 Å². The largest absolute Gasteiger partial charge is 0.497 e. The molecule has 0 spiro atoms. The fraction of sp³-hybridized carbons (Fsp3) is 0.167. The van der Waals surface area contributed by atoms with Crippen molar-refractivity contribution in [2.45, 2.75) is 14.4 Å². The zero-order valence-corrected chi connectivity index (χ0v) is 16.3. The number of nitrogens with zero attached hydrogens (tertiary/aromatic N) is 2. The van der Waals surface area contributed by atoms with Crippen molar-refractivity contribution < 1.29 is 13.9 Å². The molecule has 0 aliphatic carbocycles. The fourth-order valence-electron chi connectivity index (χ4n) is 2.05. The Bertz CT molecular complexity index is 884. The van der Waals surface area contributed by atoms with Gasteiger partial charge in [0.25, 0.3) is 0 Å². The molecule has 0 N–H and O–H groups in total. The predicted octanol–water partition coefficient (Wildman–Crippen LogP) is 4.95. The van der Waals surface area contributed by atoms with Crippen LogP contribution in [-0.2, 0) is 5.75 Å². The van der Waals surface area contributed by atoms with Crippen LogP contribution in [0.1, 0.15) is 15.9 Å². The van der Waals surface area contributed by atoms with Crippen LogP contribution < -0.4 is 4.74 Å². The van der Waals surface area contributed by atoms with Gasteiger partial charge in [0.05, 0.1) is 12.9 Å². The van der Waals surface area contributed by atoms with Crippen LogP contribution in [0.2, 0.25) is 0 Å². The van der Waals surface area contributed by atoms with Crippen LogP contribution in [0.3, 0.4) is 0 Å². The molecular formula is C18H15FN2O2S3. The molecule has 0 radical (unpaired) electrons. The second kappa shape index (κ2) is 9.16. The van der Waals surface area contributed by atoms with Crippen LogP contribution in [0.25, 0.3) is 0 Å². The lowest BCUT2D eigenvalue weighted by Gasteiger charge is -2.01. The van der Waals surface area contributed by atoms with Gasteiger partial charge in [0.1, 0.15) is 11.6 Å². The van der Waals surface area contributed by atoms with Crippen molar-refractivity contribution in [3.8, 4) is 5.75 Å². The number of ether oxygens (including phenoxy) is 1. The van der Waals surface area contributed by atoms with E-state index in [0.29, 0.717) is 5.56 Å². The molecule has 1 heterocycles. The van der Waals surface area contributed by atoms with E-state index in [1.807, 2.05) is 24.3 Å². The Hall–Kier alpha value is -1.90. The van der Waals surface area contributed by atoms with Crippen LogP contribution in [0, 0.1) is 5.82 Å². The maximum absolute atomic E-state index is 13.2. The molecule has 3 rings (SSSR count). The fourth-order valence-corrected chi connectivity index (χ4v) is 4.92. The number of ketones is 1. The standard InChI is InChI=1S/C18H15FN2O2S3/c1-23-15-7-5-12(6-8-15)10-24-17-20-21-18(26-17)25-11-16(22)13-3-2-4-14(19)9-13/h2-9H,10-11H2,1H3. The highest BCUT2D eigenvalue weighted by atomic mass is 32.2. The highest BCUT2D eigenvalue weighted by Crippen LogP contribution is 2.31. The molecular weight excluding hydrogens is 391 g/mol. The number of benzene rings is 2. The lowest BCUT2D eigenvalue weighted by atomic mass is 10.1. The van der Waals surface area contributed by atoms with E-state index in [0.717, 1.165) is 20.2 Å². The Kier molecular flexibility index (Phi) is 6.65. The first kappa shape index (κ1) is 18.9. The van der Waals surface area contributed by atoms with E-state index in [1.54, 1.807) is 24.9 Å². The smallest absolute Gasteiger partial charge is 0.175 e. The van der Waals surface area contributed by atoms with Gasteiger partial charge in [-0.3, -0.25) is 4.79 Å². The second-order valence-corrected chi connectivity index (χ2v) is 8.62. The molecule has 0 aliphatic rings.